The van der Waals surface area contributed by atoms with Crippen molar-refractivity contribution in [3.05, 3.63) is 57.7 Å². The number of allylic oxidation sites excluding steroid dienone is 1. The number of nitrogen functional groups attached to an aromatic ring is 1. The zero-order chi connectivity index (χ0) is 18.9. The third-order valence-corrected chi connectivity index (χ3v) is 4.52. The van der Waals surface area contributed by atoms with Crippen molar-refractivity contribution in [3.8, 4) is 0 Å². The fourth-order valence-corrected chi connectivity index (χ4v) is 3.00. The number of rotatable bonds is 4. The normalized spacial score (nSPS) is 20.2. The van der Waals surface area contributed by atoms with Crippen molar-refractivity contribution in [2.75, 3.05) is 11.1 Å². The molecule has 136 valence electrons. The van der Waals surface area contributed by atoms with Crippen molar-refractivity contribution in [1.29, 1.82) is 0 Å². The summed E-state index contributed by atoms with van der Waals surface area (Å²) in [7, 11) is 0. The van der Waals surface area contributed by atoms with Crippen LogP contribution in [0.2, 0.25) is 5.15 Å². The van der Waals surface area contributed by atoms with Crippen LogP contribution in [0.15, 0.2) is 35.6 Å². The van der Waals surface area contributed by atoms with Crippen molar-refractivity contribution in [1.82, 2.24) is 9.97 Å². The number of hydrogen-bond donors (Lipinski definition) is 4. The van der Waals surface area contributed by atoms with Crippen LogP contribution in [-0.4, -0.2) is 25.9 Å². The molecule has 1 aliphatic rings. The molecule has 0 saturated carbocycles. The number of hydrogen-bond acceptors (Lipinski definition) is 6. The van der Waals surface area contributed by atoms with Crippen LogP contribution in [-0.2, 0) is 0 Å². The molecule has 0 amide bonds. The highest BCUT2D eigenvalue weighted by Crippen LogP contribution is 2.36. The second kappa shape index (κ2) is 6.93. The lowest BCUT2D eigenvalue weighted by Gasteiger charge is -2.26. The van der Waals surface area contributed by atoms with Crippen LogP contribution in [0.1, 0.15) is 30.9 Å². The lowest BCUT2D eigenvalue weighted by atomic mass is 10.1. The van der Waals surface area contributed by atoms with Crippen LogP contribution in [0.3, 0.4) is 0 Å². The first-order valence-electron chi connectivity index (χ1n) is 7.95. The summed E-state index contributed by atoms with van der Waals surface area (Å²) in [6.07, 6.45) is 3.84. The van der Waals surface area contributed by atoms with Gasteiger partial charge in [0.1, 0.15) is 22.5 Å². The van der Waals surface area contributed by atoms with E-state index in [1.165, 1.54) is 18.2 Å². The molecule has 0 radical (unpaired) electrons. The van der Waals surface area contributed by atoms with Gasteiger partial charge in [0.05, 0.1) is 5.56 Å². The number of anilines is 2. The van der Waals surface area contributed by atoms with Gasteiger partial charge in [0.25, 0.3) is 0 Å². The van der Waals surface area contributed by atoms with Crippen molar-refractivity contribution < 1.29 is 14.6 Å². The third-order valence-electron chi connectivity index (χ3n) is 4.23. The number of halogens is 2. The number of nitrogens with one attached hydrogen (secondary N) is 1. The fourth-order valence-electron chi connectivity index (χ4n) is 2.76. The van der Waals surface area contributed by atoms with Gasteiger partial charge in [-0.25, -0.2) is 9.37 Å². The van der Waals surface area contributed by atoms with E-state index in [1.54, 1.807) is 25.1 Å². The Kier molecular flexibility index (Phi) is 4.84. The molecular weight excluding hydrogens is 359 g/mol. The molecule has 8 heteroatoms. The molecule has 0 aliphatic heterocycles. The van der Waals surface area contributed by atoms with E-state index in [-0.39, 0.29) is 29.1 Å². The van der Waals surface area contributed by atoms with E-state index in [9.17, 15) is 14.6 Å². The van der Waals surface area contributed by atoms with Crippen molar-refractivity contribution in [2.45, 2.75) is 25.5 Å². The molecule has 2 aromatic rings. The average molecular weight is 377 g/mol. The molecule has 1 heterocycles. The number of benzene rings is 1. The number of aromatic nitrogens is 2. The predicted molar refractivity (Wildman–Crippen MR) is 99.9 cm³/mol. The number of nitrogens with two attached hydrogens (primary N) is 1. The highest BCUT2D eigenvalue weighted by molar-refractivity contribution is 6.31. The first-order valence-corrected chi connectivity index (χ1v) is 8.33. The molecule has 0 fully saturated rings. The third kappa shape index (κ3) is 3.49. The second-order valence-corrected chi connectivity index (χ2v) is 6.46. The Morgan fingerprint density at radius 2 is 2.04 bits per heavy atom. The lowest BCUT2D eigenvalue weighted by Crippen LogP contribution is -2.38. The minimum Gasteiger partial charge on any atom is -0.507 e. The van der Waals surface area contributed by atoms with Crippen molar-refractivity contribution in [2.24, 2.45) is 0 Å². The molecule has 1 aromatic heterocycles. The Morgan fingerprint density at radius 3 is 2.69 bits per heavy atom. The van der Waals surface area contributed by atoms with Crippen LogP contribution in [0, 0.1) is 5.82 Å². The van der Waals surface area contributed by atoms with Gasteiger partial charge >= 0.3 is 0 Å². The van der Waals surface area contributed by atoms with Gasteiger partial charge in [0.15, 0.2) is 5.72 Å². The molecule has 3 rings (SSSR count). The zero-order valence-corrected chi connectivity index (χ0v) is 14.8. The lowest BCUT2D eigenvalue weighted by molar-refractivity contribution is 0.0658. The Balaban J connectivity index is 2.00. The topological polar surface area (TPSA) is 104 Å². The molecule has 1 aliphatic carbocycles. The van der Waals surface area contributed by atoms with E-state index in [2.05, 4.69) is 15.3 Å². The highest BCUT2D eigenvalue weighted by Gasteiger charge is 2.39. The maximum atomic E-state index is 13.8. The largest absolute Gasteiger partial charge is 0.507 e. The Labute approximate surface area is 154 Å². The van der Waals surface area contributed by atoms with Gasteiger partial charge in [-0.15, -0.1) is 0 Å². The highest BCUT2D eigenvalue weighted by atomic mass is 35.5. The summed E-state index contributed by atoms with van der Waals surface area (Å²) in [5.74, 6) is -0.507. The summed E-state index contributed by atoms with van der Waals surface area (Å²) in [5.41, 5.74) is 5.32. The van der Waals surface area contributed by atoms with Gasteiger partial charge < -0.3 is 21.3 Å². The SMILES string of the molecule is CC1=C(O)[C@](O)(Nc2nc(N)nc(Cl)c2/C=C/c2ccccc2F)CC1. The predicted octanol–water partition coefficient (Wildman–Crippen LogP) is 3.75. The number of aliphatic hydroxyl groups excluding tert-OH is 1. The van der Waals surface area contributed by atoms with Crippen molar-refractivity contribution in [3.63, 3.8) is 0 Å². The molecule has 1 aromatic carbocycles. The van der Waals surface area contributed by atoms with E-state index >= 15 is 0 Å². The van der Waals surface area contributed by atoms with Gasteiger partial charge in [0.2, 0.25) is 5.95 Å². The number of nitrogens with zero attached hydrogens (tertiary/aromatic N) is 2. The van der Waals surface area contributed by atoms with Crippen LogP contribution in [0.4, 0.5) is 16.2 Å². The monoisotopic (exact) mass is 376 g/mol. The van der Waals surface area contributed by atoms with Gasteiger partial charge in [-0.05, 0) is 31.1 Å². The van der Waals surface area contributed by atoms with E-state index < -0.39 is 11.5 Å². The molecule has 0 bridgehead atoms. The Bertz CT molecular complexity index is 916. The first kappa shape index (κ1) is 18.2. The summed E-state index contributed by atoms with van der Waals surface area (Å²) < 4.78 is 13.8. The quantitative estimate of drug-likeness (QED) is 0.478. The van der Waals surface area contributed by atoms with E-state index in [1.807, 2.05) is 0 Å². The summed E-state index contributed by atoms with van der Waals surface area (Å²) in [6.45, 7) is 1.73. The minimum atomic E-state index is -1.67. The maximum absolute atomic E-state index is 13.8. The van der Waals surface area contributed by atoms with Gasteiger partial charge in [-0.1, -0.05) is 35.9 Å². The Morgan fingerprint density at radius 1 is 1.31 bits per heavy atom. The molecule has 0 saturated heterocycles. The molecule has 0 spiro atoms. The van der Waals surface area contributed by atoms with Crippen LogP contribution in [0.5, 0.6) is 0 Å². The summed E-state index contributed by atoms with van der Waals surface area (Å²) in [5, 5.41) is 23.6. The smallest absolute Gasteiger partial charge is 0.223 e. The van der Waals surface area contributed by atoms with Gasteiger partial charge in [0, 0.05) is 12.0 Å². The molecule has 6 nitrogen and oxygen atoms in total. The molecular formula is C18H18ClFN4O2. The van der Waals surface area contributed by atoms with Crippen LogP contribution < -0.4 is 11.1 Å². The average Bonchev–Trinajstić information content (AvgIpc) is 2.83. The minimum absolute atomic E-state index is 0.0365. The van der Waals surface area contributed by atoms with Crippen molar-refractivity contribution >= 4 is 35.5 Å². The maximum Gasteiger partial charge on any atom is 0.223 e. The zero-order valence-electron chi connectivity index (χ0n) is 14.0. The van der Waals surface area contributed by atoms with Gasteiger partial charge in [-0.3, -0.25) is 0 Å². The van der Waals surface area contributed by atoms with Crippen LogP contribution in [0.25, 0.3) is 12.2 Å². The van der Waals surface area contributed by atoms with Crippen LogP contribution >= 0.6 is 11.6 Å². The van der Waals surface area contributed by atoms with E-state index in [0.29, 0.717) is 23.1 Å². The Hall–Kier alpha value is -2.64. The van der Waals surface area contributed by atoms with E-state index in [4.69, 9.17) is 17.3 Å². The number of aliphatic hydroxyl groups is 2. The first-order chi connectivity index (χ1) is 12.3. The standard InChI is InChI=1S/C18H18ClFN4O2/c1-10-8-9-18(26,14(10)25)24-16-12(15(19)22-17(21)23-16)7-6-11-4-2-3-5-13(11)20/h2-7,25-26H,8-9H2,1H3,(H3,21,22,23,24)/b7-6+/t18-/m0/s1. The van der Waals surface area contributed by atoms with E-state index in [0.717, 1.165) is 0 Å². The molecule has 1 atom stereocenters. The molecule has 5 N–H and O–H groups in total. The summed E-state index contributed by atoms with van der Waals surface area (Å²) >= 11 is 6.16. The molecule has 0 unspecified atom stereocenters. The second-order valence-electron chi connectivity index (χ2n) is 6.10. The van der Waals surface area contributed by atoms with Gasteiger partial charge in [-0.2, -0.15) is 4.98 Å². The molecule has 26 heavy (non-hydrogen) atoms. The summed E-state index contributed by atoms with van der Waals surface area (Å²) in [6, 6.07) is 6.24. The summed E-state index contributed by atoms with van der Waals surface area (Å²) in [4.78, 5) is 7.96. The fraction of sp³-hybridized carbons (Fsp3) is 0.222.